The van der Waals surface area contributed by atoms with Crippen LogP contribution in [0.4, 0.5) is 0 Å². The lowest BCUT2D eigenvalue weighted by Crippen LogP contribution is -2.39. The Bertz CT molecular complexity index is 263. The van der Waals surface area contributed by atoms with E-state index in [0.717, 1.165) is 6.42 Å². The number of aliphatic hydroxyl groups excluding tert-OH is 1. The molecule has 1 saturated carbocycles. The van der Waals surface area contributed by atoms with Crippen LogP contribution in [0.25, 0.3) is 0 Å². The molecule has 2 N–H and O–H groups in total. The Hall–Kier alpha value is -0.570. The number of carbonyl (C=O) groups excluding carboxylic acids is 1. The third-order valence-corrected chi connectivity index (χ3v) is 4.50. The molecule has 1 rings (SSSR count). The quantitative estimate of drug-likeness (QED) is 0.766. The van der Waals surface area contributed by atoms with Crippen LogP contribution in [0.5, 0.6) is 0 Å². The van der Waals surface area contributed by atoms with Gasteiger partial charge >= 0.3 is 0 Å². The summed E-state index contributed by atoms with van der Waals surface area (Å²) in [5, 5.41) is 12.0. The number of rotatable bonds is 6. The summed E-state index contributed by atoms with van der Waals surface area (Å²) in [5.74, 6) is 0.674. The smallest absolute Gasteiger partial charge is 0.220 e. The lowest BCUT2D eigenvalue weighted by Gasteiger charge is -2.38. The molecule has 0 saturated heterocycles. The van der Waals surface area contributed by atoms with Gasteiger partial charge in [-0.25, -0.2) is 0 Å². The van der Waals surface area contributed by atoms with E-state index in [9.17, 15) is 4.79 Å². The van der Waals surface area contributed by atoms with Crippen molar-refractivity contribution in [2.45, 2.75) is 71.8 Å². The Morgan fingerprint density at radius 2 is 2.17 bits per heavy atom. The zero-order valence-corrected chi connectivity index (χ0v) is 12.2. The minimum Gasteiger partial charge on any atom is -0.396 e. The van der Waals surface area contributed by atoms with Crippen LogP contribution in [0.3, 0.4) is 0 Å². The standard InChI is InChI=1S/C15H29NO2/c1-4-13(8-10-17)16-14(18)11-12-7-5-6-9-15(12,2)3/h12-13,17H,4-11H2,1-3H3,(H,16,18). The summed E-state index contributed by atoms with van der Waals surface area (Å²) in [4.78, 5) is 12.1. The van der Waals surface area contributed by atoms with Gasteiger partial charge in [0, 0.05) is 19.1 Å². The molecule has 1 amide bonds. The van der Waals surface area contributed by atoms with Crippen molar-refractivity contribution in [1.82, 2.24) is 5.32 Å². The minimum atomic E-state index is 0.134. The number of hydrogen-bond donors (Lipinski definition) is 2. The molecular weight excluding hydrogens is 226 g/mol. The van der Waals surface area contributed by atoms with Gasteiger partial charge in [-0.3, -0.25) is 4.79 Å². The largest absolute Gasteiger partial charge is 0.396 e. The van der Waals surface area contributed by atoms with Crippen molar-refractivity contribution >= 4 is 5.91 Å². The second-order valence-electron chi connectivity index (χ2n) is 6.32. The van der Waals surface area contributed by atoms with E-state index in [4.69, 9.17) is 5.11 Å². The number of hydrogen-bond acceptors (Lipinski definition) is 2. The van der Waals surface area contributed by atoms with Gasteiger partial charge in [0.2, 0.25) is 5.91 Å². The maximum atomic E-state index is 12.1. The summed E-state index contributed by atoms with van der Waals surface area (Å²) in [6, 6.07) is 0.134. The van der Waals surface area contributed by atoms with Crippen molar-refractivity contribution in [3.05, 3.63) is 0 Å². The molecule has 0 radical (unpaired) electrons. The summed E-state index contributed by atoms with van der Waals surface area (Å²) in [6.45, 7) is 6.77. The molecule has 0 bridgehead atoms. The van der Waals surface area contributed by atoms with E-state index in [2.05, 4.69) is 19.2 Å². The van der Waals surface area contributed by atoms with Gasteiger partial charge < -0.3 is 10.4 Å². The van der Waals surface area contributed by atoms with Gasteiger partial charge in [0.1, 0.15) is 0 Å². The highest BCUT2D eigenvalue weighted by Crippen LogP contribution is 2.42. The Morgan fingerprint density at radius 3 is 2.72 bits per heavy atom. The summed E-state index contributed by atoms with van der Waals surface area (Å²) in [5.41, 5.74) is 0.300. The zero-order chi connectivity index (χ0) is 13.6. The average molecular weight is 255 g/mol. The molecule has 2 atom stereocenters. The molecule has 0 heterocycles. The molecule has 0 aromatic heterocycles. The van der Waals surface area contributed by atoms with Crippen molar-refractivity contribution < 1.29 is 9.90 Å². The predicted molar refractivity (Wildman–Crippen MR) is 74.3 cm³/mol. The average Bonchev–Trinajstić information content (AvgIpc) is 2.31. The molecule has 106 valence electrons. The molecule has 18 heavy (non-hydrogen) atoms. The molecule has 1 aliphatic rings. The molecule has 0 aliphatic heterocycles. The van der Waals surface area contributed by atoms with Crippen LogP contribution in [0, 0.1) is 11.3 Å². The highest BCUT2D eigenvalue weighted by atomic mass is 16.3. The van der Waals surface area contributed by atoms with E-state index in [1.807, 2.05) is 6.92 Å². The number of carbonyl (C=O) groups is 1. The Labute approximate surface area is 111 Å². The van der Waals surface area contributed by atoms with E-state index in [1.165, 1.54) is 25.7 Å². The first-order valence-electron chi connectivity index (χ1n) is 7.39. The molecule has 1 aliphatic carbocycles. The second kappa shape index (κ2) is 7.13. The van der Waals surface area contributed by atoms with Crippen molar-refractivity contribution in [3.63, 3.8) is 0 Å². The van der Waals surface area contributed by atoms with Crippen LogP contribution >= 0.6 is 0 Å². The van der Waals surface area contributed by atoms with Gasteiger partial charge in [-0.1, -0.05) is 33.6 Å². The highest BCUT2D eigenvalue weighted by molar-refractivity contribution is 5.76. The number of nitrogens with one attached hydrogen (secondary N) is 1. The van der Waals surface area contributed by atoms with Crippen molar-refractivity contribution in [3.8, 4) is 0 Å². The van der Waals surface area contributed by atoms with E-state index in [0.29, 0.717) is 24.2 Å². The second-order valence-corrected chi connectivity index (χ2v) is 6.32. The monoisotopic (exact) mass is 255 g/mol. The number of amides is 1. The van der Waals surface area contributed by atoms with Crippen LogP contribution in [0.1, 0.15) is 65.7 Å². The van der Waals surface area contributed by atoms with Crippen LogP contribution in [-0.2, 0) is 4.79 Å². The van der Waals surface area contributed by atoms with Gasteiger partial charge in [0.25, 0.3) is 0 Å². The van der Waals surface area contributed by atoms with Crippen LogP contribution < -0.4 is 5.32 Å². The van der Waals surface area contributed by atoms with Gasteiger partial charge in [0.05, 0.1) is 0 Å². The molecular formula is C15H29NO2. The fraction of sp³-hybridized carbons (Fsp3) is 0.933. The Kier molecular flexibility index (Phi) is 6.13. The van der Waals surface area contributed by atoms with Crippen molar-refractivity contribution in [1.29, 1.82) is 0 Å². The lowest BCUT2D eigenvalue weighted by molar-refractivity contribution is -0.124. The number of aliphatic hydroxyl groups is 1. The molecule has 0 aromatic carbocycles. The zero-order valence-electron chi connectivity index (χ0n) is 12.2. The Balaban J connectivity index is 2.43. The molecule has 2 unspecified atom stereocenters. The summed E-state index contributed by atoms with van der Waals surface area (Å²) in [7, 11) is 0. The van der Waals surface area contributed by atoms with Crippen LogP contribution in [0.15, 0.2) is 0 Å². The fourth-order valence-electron chi connectivity index (χ4n) is 2.99. The van der Waals surface area contributed by atoms with Crippen LogP contribution in [0.2, 0.25) is 0 Å². The van der Waals surface area contributed by atoms with E-state index in [1.54, 1.807) is 0 Å². The summed E-state index contributed by atoms with van der Waals surface area (Å²) >= 11 is 0. The van der Waals surface area contributed by atoms with Crippen molar-refractivity contribution in [2.24, 2.45) is 11.3 Å². The van der Waals surface area contributed by atoms with E-state index < -0.39 is 0 Å². The molecule has 0 spiro atoms. The van der Waals surface area contributed by atoms with Crippen LogP contribution in [-0.4, -0.2) is 23.7 Å². The maximum absolute atomic E-state index is 12.1. The fourth-order valence-corrected chi connectivity index (χ4v) is 2.99. The Morgan fingerprint density at radius 1 is 1.44 bits per heavy atom. The van der Waals surface area contributed by atoms with E-state index >= 15 is 0 Å². The third kappa shape index (κ3) is 4.60. The van der Waals surface area contributed by atoms with Gasteiger partial charge in [-0.05, 0) is 37.0 Å². The molecule has 0 aromatic rings. The van der Waals surface area contributed by atoms with Crippen molar-refractivity contribution in [2.75, 3.05) is 6.61 Å². The lowest BCUT2D eigenvalue weighted by atomic mass is 9.67. The molecule has 3 nitrogen and oxygen atoms in total. The molecule has 1 fully saturated rings. The highest BCUT2D eigenvalue weighted by Gasteiger charge is 2.33. The first-order valence-corrected chi connectivity index (χ1v) is 7.39. The van der Waals surface area contributed by atoms with Gasteiger partial charge in [-0.2, -0.15) is 0 Å². The van der Waals surface area contributed by atoms with Gasteiger partial charge in [0.15, 0.2) is 0 Å². The minimum absolute atomic E-state index is 0.134. The molecule has 3 heteroatoms. The third-order valence-electron chi connectivity index (χ3n) is 4.50. The summed E-state index contributed by atoms with van der Waals surface area (Å²) in [6.07, 6.45) is 7.17. The SMILES string of the molecule is CCC(CCO)NC(=O)CC1CCCCC1(C)C. The topological polar surface area (TPSA) is 49.3 Å². The maximum Gasteiger partial charge on any atom is 0.220 e. The van der Waals surface area contributed by atoms with E-state index in [-0.39, 0.29) is 18.6 Å². The normalized spacial score (nSPS) is 24.6. The van der Waals surface area contributed by atoms with Gasteiger partial charge in [-0.15, -0.1) is 0 Å². The predicted octanol–water partition coefficient (Wildman–Crippen LogP) is 2.87. The summed E-state index contributed by atoms with van der Waals surface area (Å²) < 4.78 is 0. The first-order chi connectivity index (χ1) is 8.49. The first kappa shape index (κ1) is 15.5.